The van der Waals surface area contributed by atoms with Gasteiger partial charge in [-0.3, -0.25) is 0 Å². The van der Waals surface area contributed by atoms with Gasteiger partial charge in [0.2, 0.25) is 0 Å². The minimum absolute atomic E-state index is 1.05. The summed E-state index contributed by atoms with van der Waals surface area (Å²) in [5.41, 5.74) is 0. The molecule has 224 valence electrons. The van der Waals surface area contributed by atoms with Crippen LogP contribution >= 0.6 is 15.7 Å². The summed E-state index contributed by atoms with van der Waals surface area (Å²) >= 11 is 0. The van der Waals surface area contributed by atoms with Crippen molar-refractivity contribution < 1.29 is 0 Å². The highest BCUT2D eigenvalue weighted by Gasteiger charge is 2.62. The first kappa shape index (κ1) is 37.6. The van der Waals surface area contributed by atoms with Crippen LogP contribution < -0.4 is 30.5 Å². The van der Waals surface area contributed by atoms with Crippen molar-refractivity contribution in [1.29, 1.82) is 0 Å². The molecule has 0 saturated heterocycles. The Balaban J connectivity index is 6.69. The summed E-state index contributed by atoms with van der Waals surface area (Å²) in [5, 5.41) is 25.0. The molecule has 0 aliphatic carbocycles. The number of hydrogen-bond acceptors (Lipinski definition) is 7. The summed E-state index contributed by atoms with van der Waals surface area (Å²) in [6, 6.07) is 0. The van der Waals surface area contributed by atoms with Gasteiger partial charge in [-0.05, 0) is 44.9 Å². The molecule has 0 aromatic rings. The molecule has 0 aliphatic heterocycles. The smallest absolute Gasteiger partial charge is 0.143 e. The Morgan fingerprint density at radius 3 is 0.757 bits per heavy atom. The predicted octanol–water partition coefficient (Wildman–Crippen LogP) is 7.78. The van der Waals surface area contributed by atoms with Crippen molar-refractivity contribution in [3.05, 3.63) is 0 Å². The molecule has 6 N–H and O–H groups in total. The lowest BCUT2D eigenvalue weighted by molar-refractivity contribution is 0.532. The zero-order valence-corrected chi connectivity index (χ0v) is 28.0. The number of nitrogens with zero attached hydrogens (tertiary/aromatic N) is 1. The van der Waals surface area contributed by atoms with Crippen LogP contribution in [0.25, 0.3) is 0 Å². The fourth-order valence-electron chi connectivity index (χ4n) is 4.13. The van der Waals surface area contributed by atoms with Gasteiger partial charge >= 0.3 is 15.7 Å². The Morgan fingerprint density at radius 2 is 0.568 bits per heavy atom. The van der Waals surface area contributed by atoms with Crippen molar-refractivity contribution in [3.63, 3.8) is 0 Å². The zero-order valence-electron chi connectivity index (χ0n) is 26.2. The molecule has 0 rings (SSSR count). The van der Waals surface area contributed by atoms with Crippen molar-refractivity contribution in [1.82, 2.24) is 35.0 Å². The van der Waals surface area contributed by atoms with E-state index in [2.05, 4.69) is 83.4 Å². The van der Waals surface area contributed by atoms with E-state index < -0.39 is 15.7 Å². The van der Waals surface area contributed by atoms with Crippen LogP contribution in [0.4, 0.5) is 0 Å². The molecule has 0 spiro atoms. The van der Waals surface area contributed by atoms with E-state index in [-0.39, 0.29) is 0 Å². The fourth-order valence-corrected chi connectivity index (χ4v) is 12.3. The molecular formula is C28H69N7P2+2. The lowest BCUT2D eigenvalue weighted by atomic mass is 10.3. The minimum atomic E-state index is -2.05. The second kappa shape index (κ2) is 25.5. The molecule has 0 aliphatic rings. The molecule has 0 unspecified atom stereocenters. The second-order valence-electron chi connectivity index (χ2n) is 10.3. The predicted molar refractivity (Wildman–Crippen MR) is 173 cm³/mol. The Labute approximate surface area is 234 Å². The first-order chi connectivity index (χ1) is 18.1. The van der Waals surface area contributed by atoms with Gasteiger partial charge in [0, 0.05) is 43.7 Å². The first-order valence-electron chi connectivity index (χ1n) is 16.1. The summed E-state index contributed by atoms with van der Waals surface area (Å²) in [4.78, 5) is 0. The van der Waals surface area contributed by atoms with E-state index >= 15 is 0 Å². The Kier molecular flexibility index (Phi) is 25.9. The molecule has 0 aromatic carbocycles. The number of hydrogen-bond donors (Lipinski definition) is 6. The van der Waals surface area contributed by atoms with Crippen molar-refractivity contribution in [3.8, 4) is 0 Å². The van der Waals surface area contributed by atoms with Crippen LogP contribution in [0, 0.1) is 0 Å². The van der Waals surface area contributed by atoms with Gasteiger partial charge in [0.05, 0.1) is 6.54 Å². The van der Waals surface area contributed by atoms with Gasteiger partial charge in [-0.25, -0.2) is 0 Å². The highest BCUT2D eigenvalue weighted by atomic mass is 31.3. The fraction of sp³-hybridized carbons (Fsp3) is 1.00. The topological polar surface area (TPSA) is 75.4 Å². The summed E-state index contributed by atoms with van der Waals surface area (Å²) in [6.07, 6.45) is 16.9. The second-order valence-corrected chi connectivity index (χ2v) is 16.0. The zero-order chi connectivity index (χ0) is 27.7. The SMILES string of the molecule is CCCCN[P+](NCCCC)(NCCCC)N(CCCC)[P+](NCCCC)(NCCCC)NCCCC. The third-order valence-corrected chi connectivity index (χ3v) is 14.1. The molecule has 7 nitrogen and oxygen atoms in total. The quantitative estimate of drug-likeness (QED) is 0.0408. The van der Waals surface area contributed by atoms with Gasteiger partial charge in [0.15, 0.2) is 0 Å². The number of unbranched alkanes of at least 4 members (excludes halogenated alkanes) is 7. The normalized spacial score (nSPS) is 12.6. The van der Waals surface area contributed by atoms with E-state index in [4.69, 9.17) is 0 Å². The van der Waals surface area contributed by atoms with Gasteiger partial charge in [0.25, 0.3) is 0 Å². The summed E-state index contributed by atoms with van der Waals surface area (Å²) in [7, 11) is -4.09. The van der Waals surface area contributed by atoms with E-state index in [1.54, 1.807) is 0 Å². The van der Waals surface area contributed by atoms with E-state index in [1.807, 2.05) is 0 Å². The molecule has 0 bridgehead atoms. The summed E-state index contributed by atoms with van der Waals surface area (Å²) in [5.74, 6) is 0. The van der Waals surface area contributed by atoms with E-state index in [0.29, 0.717) is 0 Å². The lowest BCUT2D eigenvalue weighted by Gasteiger charge is -2.41. The van der Waals surface area contributed by atoms with Gasteiger partial charge in [-0.15, -0.1) is 30.5 Å². The highest BCUT2D eigenvalue weighted by Crippen LogP contribution is 2.67. The molecular weight excluding hydrogens is 496 g/mol. The average Bonchev–Trinajstić information content (AvgIpc) is 2.89. The van der Waals surface area contributed by atoms with Crippen molar-refractivity contribution in [2.75, 3.05) is 45.8 Å². The summed E-state index contributed by atoms with van der Waals surface area (Å²) in [6.45, 7) is 23.5. The van der Waals surface area contributed by atoms with E-state index in [0.717, 1.165) is 45.8 Å². The third kappa shape index (κ3) is 15.8. The van der Waals surface area contributed by atoms with Crippen LogP contribution in [0.5, 0.6) is 0 Å². The molecule has 0 atom stereocenters. The molecule has 0 fully saturated rings. The molecule has 37 heavy (non-hydrogen) atoms. The molecule has 9 heteroatoms. The number of rotatable bonds is 29. The first-order valence-corrected chi connectivity index (χ1v) is 19.6. The standard InChI is InChI=1S/C28H69N7P2/c1-8-15-22-29-36(30-23-16-9-2,31-24-17-10-3)35(28-21-14-7)37(32-25-18-11-4,33-26-19-12-5)34-27-20-13-6/h29-34H,8-28H2,1-7H3/q+2. The maximum absolute atomic E-state index is 4.16. The minimum Gasteiger partial charge on any atom is -0.143 e. The van der Waals surface area contributed by atoms with Crippen LogP contribution in [0.2, 0.25) is 0 Å². The van der Waals surface area contributed by atoms with Gasteiger partial charge in [-0.2, -0.15) is 0 Å². The maximum atomic E-state index is 4.16. The van der Waals surface area contributed by atoms with Crippen molar-refractivity contribution in [2.24, 2.45) is 0 Å². The van der Waals surface area contributed by atoms with Crippen LogP contribution in [0.1, 0.15) is 138 Å². The molecule has 0 amide bonds. The van der Waals surface area contributed by atoms with Crippen LogP contribution in [-0.4, -0.2) is 50.3 Å². The van der Waals surface area contributed by atoms with Gasteiger partial charge in [0.1, 0.15) is 0 Å². The van der Waals surface area contributed by atoms with Crippen LogP contribution in [0.3, 0.4) is 0 Å². The molecule has 0 radical (unpaired) electrons. The third-order valence-electron chi connectivity index (χ3n) is 6.63. The monoisotopic (exact) mass is 566 g/mol. The Hall–Kier alpha value is 0.580. The summed E-state index contributed by atoms with van der Waals surface area (Å²) < 4.78 is 2.87. The number of nitrogens with one attached hydrogen (secondary N) is 6. The van der Waals surface area contributed by atoms with Crippen molar-refractivity contribution >= 4 is 15.7 Å². The Bertz CT molecular complexity index is 394. The largest absolute Gasteiger partial charge is 0.339 e. The van der Waals surface area contributed by atoms with Gasteiger partial charge < -0.3 is 0 Å². The average molecular weight is 566 g/mol. The van der Waals surface area contributed by atoms with Crippen LogP contribution in [-0.2, 0) is 0 Å². The van der Waals surface area contributed by atoms with Crippen molar-refractivity contribution in [2.45, 2.75) is 138 Å². The molecule has 0 aromatic heterocycles. The van der Waals surface area contributed by atoms with Crippen LogP contribution in [0.15, 0.2) is 0 Å². The Morgan fingerprint density at radius 1 is 0.351 bits per heavy atom. The van der Waals surface area contributed by atoms with Gasteiger partial charge in [-0.1, -0.05) is 93.4 Å². The molecule has 0 heterocycles. The van der Waals surface area contributed by atoms with E-state index in [1.165, 1.54) is 89.9 Å². The lowest BCUT2D eigenvalue weighted by Crippen LogP contribution is -2.56. The van der Waals surface area contributed by atoms with E-state index in [9.17, 15) is 0 Å². The maximum Gasteiger partial charge on any atom is 0.339 e. The molecule has 0 saturated carbocycles. The highest BCUT2D eigenvalue weighted by molar-refractivity contribution is 7.82.